The fourth-order valence-electron chi connectivity index (χ4n) is 10.8. The van der Waals surface area contributed by atoms with E-state index in [-0.39, 0.29) is 10.8 Å². The normalized spacial score (nSPS) is 20.1. The summed E-state index contributed by atoms with van der Waals surface area (Å²) < 4.78 is 8.88. The number of hydrogen-bond donors (Lipinski definition) is 0. The summed E-state index contributed by atoms with van der Waals surface area (Å²) >= 11 is 1.83. The highest BCUT2D eigenvalue weighted by molar-refractivity contribution is 7.26. The van der Waals surface area contributed by atoms with Crippen molar-refractivity contribution in [2.45, 2.75) is 56.8 Å². The number of aromatic nitrogens is 2. The fraction of sp³-hybridized carbons (Fsp3) is 0.192. The van der Waals surface area contributed by atoms with E-state index in [9.17, 15) is 0 Å². The molecule has 12 rings (SSSR count). The molecule has 0 N–H and O–H groups in total. The van der Waals surface area contributed by atoms with Gasteiger partial charge in [0.1, 0.15) is 5.58 Å². The second-order valence-corrected chi connectivity index (χ2v) is 18.4. The molecule has 3 aliphatic carbocycles. The first kappa shape index (κ1) is 32.4. The third-order valence-corrected chi connectivity index (χ3v) is 14.9. The Morgan fingerprint density at radius 3 is 2.32 bits per heavy atom. The van der Waals surface area contributed by atoms with Crippen molar-refractivity contribution < 1.29 is 4.42 Å². The molecule has 3 nitrogen and oxygen atoms in total. The lowest BCUT2D eigenvalue weighted by Gasteiger charge is -2.34. The molecule has 0 amide bonds. The van der Waals surface area contributed by atoms with Gasteiger partial charge in [0.05, 0.1) is 11.1 Å². The Labute approximate surface area is 330 Å². The van der Waals surface area contributed by atoms with Crippen LogP contribution < -0.4 is 0 Å². The average Bonchev–Trinajstić information content (AvgIpc) is 3.92. The van der Waals surface area contributed by atoms with Crippen molar-refractivity contribution in [2.75, 3.05) is 0 Å². The van der Waals surface area contributed by atoms with Crippen LogP contribution in [0.5, 0.6) is 0 Å². The Morgan fingerprint density at radius 1 is 0.643 bits per heavy atom. The number of allylic oxidation sites excluding steroid dienone is 2. The molecule has 0 spiro atoms. The number of rotatable bonds is 3. The maximum absolute atomic E-state index is 6.39. The van der Waals surface area contributed by atoms with Crippen LogP contribution in [-0.4, -0.2) is 9.97 Å². The van der Waals surface area contributed by atoms with Crippen molar-refractivity contribution in [1.82, 2.24) is 9.97 Å². The van der Waals surface area contributed by atoms with E-state index in [1.165, 1.54) is 53.6 Å². The first-order valence-electron chi connectivity index (χ1n) is 19.9. The van der Waals surface area contributed by atoms with Crippen molar-refractivity contribution in [3.05, 3.63) is 167 Å². The summed E-state index contributed by atoms with van der Waals surface area (Å²) in [5, 5.41) is 4.54. The molecule has 0 radical (unpaired) electrons. The van der Waals surface area contributed by atoms with E-state index < -0.39 is 0 Å². The average molecular weight is 741 g/mol. The van der Waals surface area contributed by atoms with Crippen molar-refractivity contribution in [3.8, 4) is 33.8 Å². The van der Waals surface area contributed by atoms with Crippen molar-refractivity contribution >= 4 is 53.6 Å². The van der Waals surface area contributed by atoms with E-state index in [1.54, 1.807) is 5.56 Å². The molecule has 0 fully saturated rings. The Bertz CT molecular complexity index is 3140. The number of fused-ring (bicyclic) bond motifs is 12. The van der Waals surface area contributed by atoms with Crippen LogP contribution in [0.25, 0.3) is 76.0 Å². The molecule has 3 aliphatic rings. The zero-order chi connectivity index (χ0) is 37.5. The molecule has 3 heterocycles. The third-order valence-electron chi connectivity index (χ3n) is 13.6. The topological polar surface area (TPSA) is 38.9 Å². The summed E-state index contributed by atoms with van der Waals surface area (Å²) in [6.07, 6.45) is 6.20. The van der Waals surface area contributed by atoms with E-state index in [0.29, 0.717) is 29.3 Å². The van der Waals surface area contributed by atoms with Gasteiger partial charge in [0.2, 0.25) is 5.71 Å². The van der Waals surface area contributed by atoms with Crippen LogP contribution in [0.1, 0.15) is 73.8 Å². The molecule has 3 atom stereocenters. The first-order valence-corrected chi connectivity index (χ1v) is 20.7. The van der Waals surface area contributed by atoms with Crippen molar-refractivity contribution in [3.63, 3.8) is 0 Å². The largest absolute Gasteiger partial charge is 0.438 e. The minimum atomic E-state index is 0.00294. The summed E-state index contributed by atoms with van der Waals surface area (Å²) in [6, 6.07) is 46.6. The Kier molecular flexibility index (Phi) is 6.58. The Hall–Kier alpha value is -5.84. The van der Waals surface area contributed by atoms with E-state index in [4.69, 9.17) is 14.4 Å². The van der Waals surface area contributed by atoms with Gasteiger partial charge in [-0.15, -0.1) is 11.3 Å². The third kappa shape index (κ3) is 4.39. The summed E-state index contributed by atoms with van der Waals surface area (Å²) in [5.74, 6) is 2.03. The molecular weight excluding hydrogens is 701 g/mol. The first-order chi connectivity index (χ1) is 27.3. The molecule has 6 aromatic carbocycles. The smallest absolute Gasteiger partial charge is 0.231 e. The highest BCUT2D eigenvalue weighted by Gasteiger charge is 2.49. The molecule has 270 valence electrons. The predicted molar refractivity (Wildman–Crippen MR) is 233 cm³/mol. The molecule has 4 heteroatoms. The van der Waals surface area contributed by atoms with Crippen LogP contribution in [0, 0.1) is 5.92 Å². The maximum atomic E-state index is 6.39. The van der Waals surface area contributed by atoms with Gasteiger partial charge in [-0.2, -0.15) is 4.98 Å². The summed E-state index contributed by atoms with van der Waals surface area (Å²) in [5.41, 5.74) is 14.8. The van der Waals surface area contributed by atoms with Crippen LogP contribution in [-0.2, 0) is 10.8 Å². The quantitative estimate of drug-likeness (QED) is 0.169. The van der Waals surface area contributed by atoms with Gasteiger partial charge in [-0.05, 0) is 92.9 Å². The van der Waals surface area contributed by atoms with Crippen molar-refractivity contribution in [1.29, 1.82) is 0 Å². The number of hydrogen-bond acceptors (Lipinski definition) is 4. The zero-order valence-corrected chi connectivity index (χ0v) is 32.7. The van der Waals surface area contributed by atoms with Crippen LogP contribution in [0.2, 0.25) is 0 Å². The minimum Gasteiger partial charge on any atom is -0.438 e. The summed E-state index contributed by atoms with van der Waals surface area (Å²) in [7, 11) is 0. The van der Waals surface area contributed by atoms with Crippen LogP contribution in [0.15, 0.2) is 144 Å². The minimum absolute atomic E-state index is 0.00294. The van der Waals surface area contributed by atoms with Crippen LogP contribution >= 0.6 is 11.3 Å². The maximum Gasteiger partial charge on any atom is 0.231 e. The van der Waals surface area contributed by atoms with Gasteiger partial charge in [-0.1, -0.05) is 137 Å². The predicted octanol–water partition coefficient (Wildman–Crippen LogP) is 14.1. The Balaban J connectivity index is 0.949. The van der Waals surface area contributed by atoms with Gasteiger partial charge in [-0.25, -0.2) is 4.98 Å². The summed E-state index contributed by atoms with van der Waals surface area (Å²) in [6.45, 7) is 9.75. The van der Waals surface area contributed by atoms with Gasteiger partial charge < -0.3 is 4.42 Å². The van der Waals surface area contributed by atoms with Gasteiger partial charge in [0, 0.05) is 48.0 Å². The summed E-state index contributed by atoms with van der Waals surface area (Å²) in [4.78, 5) is 10.4. The SMILES string of the molecule is CC1(C)c2ccccc2-c2cc3c(cc21)C1CC(c2ccc4sc5c(-c6nc(-c7ccccc7)c7c(n6)oc6ccccc67)cccc5c4c2)C=CC1C3(C)C. The molecule has 0 bridgehead atoms. The molecule has 3 unspecified atom stereocenters. The van der Waals surface area contributed by atoms with Crippen LogP contribution in [0.3, 0.4) is 0 Å². The lowest BCUT2D eigenvalue weighted by Crippen LogP contribution is -2.27. The molecular formula is C52H40N2OS. The molecule has 3 aromatic heterocycles. The Morgan fingerprint density at radius 2 is 1.43 bits per heavy atom. The van der Waals surface area contributed by atoms with E-state index in [0.717, 1.165) is 39.6 Å². The molecule has 0 aliphatic heterocycles. The lowest BCUT2D eigenvalue weighted by atomic mass is 9.69. The second kappa shape index (κ2) is 11.4. The zero-order valence-electron chi connectivity index (χ0n) is 31.9. The molecule has 56 heavy (non-hydrogen) atoms. The van der Waals surface area contributed by atoms with E-state index in [1.807, 2.05) is 35.6 Å². The van der Waals surface area contributed by atoms with Gasteiger partial charge in [0.25, 0.3) is 0 Å². The standard InChI is InChI=1S/C52H40N2OS/c1-51(2)40-19-10-8-15-32(40)37-27-43-38(28-42(37)51)36-25-30(21-23-41(36)52(43,3)4)31-22-24-45-39(26-31)33-17-12-18-35(48(33)56-45)49-53-47(29-13-6-5-7-14-29)46-34-16-9-11-20-44(34)55-50(46)54-49/h5-24,26-28,30,36,41H,25H2,1-4H3. The molecule has 0 saturated carbocycles. The number of para-hydroxylation sites is 1. The van der Waals surface area contributed by atoms with E-state index in [2.05, 4.69) is 143 Å². The van der Waals surface area contributed by atoms with Crippen molar-refractivity contribution in [2.24, 2.45) is 5.92 Å². The van der Waals surface area contributed by atoms with Gasteiger partial charge in [0.15, 0.2) is 5.82 Å². The second-order valence-electron chi connectivity index (χ2n) is 17.3. The number of benzene rings is 6. The van der Waals surface area contributed by atoms with Crippen LogP contribution in [0.4, 0.5) is 0 Å². The molecule has 0 saturated heterocycles. The highest BCUT2D eigenvalue weighted by atomic mass is 32.1. The van der Waals surface area contributed by atoms with Gasteiger partial charge in [-0.3, -0.25) is 0 Å². The highest BCUT2D eigenvalue weighted by Crippen LogP contribution is 2.60. The van der Waals surface area contributed by atoms with E-state index >= 15 is 0 Å². The van der Waals surface area contributed by atoms with Gasteiger partial charge >= 0.3 is 0 Å². The number of thiophene rings is 1. The number of furan rings is 1. The monoisotopic (exact) mass is 740 g/mol. The fourth-order valence-corrected chi connectivity index (χ4v) is 12.0. The number of nitrogens with zero attached hydrogens (tertiary/aromatic N) is 2. The molecule has 9 aromatic rings. The lowest BCUT2D eigenvalue weighted by molar-refractivity contribution is 0.337.